The summed E-state index contributed by atoms with van der Waals surface area (Å²) in [6.07, 6.45) is 3.06. The number of hydrogen-bond donors (Lipinski definition) is 0. The van der Waals surface area contributed by atoms with E-state index >= 15 is 0 Å². The highest BCUT2D eigenvalue weighted by Crippen LogP contribution is 2.47. The molecule has 0 aromatic heterocycles. The largest absolute Gasteiger partial charge is 0.460 e. The van der Waals surface area contributed by atoms with Crippen LogP contribution in [-0.4, -0.2) is 22.7 Å². The molecule has 0 saturated heterocycles. The third kappa shape index (κ3) is 2.93. The minimum atomic E-state index is -0.730. The van der Waals surface area contributed by atoms with Gasteiger partial charge in [0.2, 0.25) is 5.78 Å². The second-order valence-electron chi connectivity index (χ2n) is 3.09. The van der Waals surface area contributed by atoms with E-state index in [1.165, 1.54) is 6.92 Å². The SMILES string of the molecule is CC(=O)C(=O)OCCC1(Br)CC1. The molecule has 68 valence electrons. The fourth-order valence-corrected chi connectivity index (χ4v) is 1.17. The fourth-order valence-electron chi connectivity index (χ4n) is 0.814. The van der Waals surface area contributed by atoms with Crippen LogP contribution in [0.3, 0.4) is 0 Å². The molecular formula is C8H11BrO3. The van der Waals surface area contributed by atoms with Crippen LogP contribution in [-0.2, 0) is 14.3 Å². The quantitative estimate of drug-likeness (QED) is 0.420. The lowest BCUT2D eigenvalue weighted by Crippen LogP contribution is -2.16. The van der Waals surface area contributed by atoms with Gasteiger partial charge in [0.15, 0.2) is 0 Å². The molecule has 3 nitrogen and oxygen atoms in total. The van der Waals surface area contributed by atoms with E-state index in [-0.39, 0.29) is 4.32 Å². The zero-order valence-corrected chi connectivity index (χ0v) is 8.52. The first-order chi connectivity index (χ1) is 5.53. The summed E-state index contributed by atoms with van der Waals surface area (Å²) in [6.45, 7) is 1.55. The molecule has 0 aromatic rings. The molecule has 0 aliphatic heterocycles. The van der Waals surface area contributed by atoms with Crippen LogP contribution in [0.15, 0.2) is 0 Å². The van der Waals surface area contributed by atoms with Crippen molar-refractivity contribution in [1.82, 2.24) is 0 Å². The minimum Gasteiger partial charge on any atom is -0.460 e. The smallest absolute Gasteiger partial charge is 0.374 e. The Morgan fingerprint density at radius 2 is 2.08 bits per heavy atom. The molecule has 0 spiro atoms. The van der Waals surface area contributed by atoms with Crippen molar-refractivity contribution in [2.45, 2.75) is 30.5 Å². The van der Waals surface area contributed by atoms with Crippen LogP contribution in [0.1, 0.15) is 26.2 Å². The molecule has 0 unspecified atom stereocenters. The summed E-state index contributed by atoms with van der Waals surface area (Å²) in [5.74, 6) is -1.26. The Bertz CT molecular complexity index is 208. The van der Waals surface area contributed by atoms with E-state index in [9.17, 15) is 9.59 Å². The van der Waals surface area contributed by atoms with Gasteiger partial charge in [-0.25, -0.2) is 4.79 Å². The maximum atomic E-state index is 10.7. The lowest BCUT2D eigenvalue weighted by Gasteiger charge is -2.05. The highest BCUT2D eigenvalue weighted by Gasteiger charge is 2.39. The third-order valence-corrected chi connectivity index (χ3v) is 3.05. The van der Waals surface area contributed by atoms with Crippen LogP contribution in [0.2, 0.25) is 0 Å². The number of carbonyl (C=O) groups is 2. The topological polar surface area (TPSA) is 43.4 Å². The van der Waals surface area contributed by atoms with Crippen molar-refractivity contribution >= 4 is 27.7 Å². The molecular weight excluding hydrogens is 224 g/mol. The maximum absolute atomic E-state index is 10.7. The maximum Gasteiger partial charge on any atom is 0.374 e. The van der Waals surface area contributed by atoms with Gasteiger partial charge < -0.3 is 4.74 Å². The Balaban J connectivity index is 2.10. The van der Waals surface area contributed by atoms with Crippen LogP contribution in [0.4, 0.5) is 0 Å². The van der Waals surface area contributed by atoms with Crippen molar-refractivity contribution in [2.24, 2.45) is 0 Å². The molecule has 1 fully saturated rings. The summed E-state index contributed by atoms with van der Waals surface area (Å²) >= 11 is 3.50. The summed E-state index contributed by atoms with van der Waals surface area (Å²) in [5.41, 5.74) is 0. The molecule has 1 aliphatic rings. The van der Waals surface area contributed by atoms with E-state index in [2.05, 4.69) is 15.9 Å². The van der Waals surface area contributed by atoms with E-state index in [0.717, 1.165) is 19.3 Å². The van der Waals surface area contributed by atoms with Crippen LogP contribution in [0.5, 0.6) is 0 Å². The molecule has 1 aliphatic carbocycles. The molecule has 4 heteroatoms. The van der Waals surface area contributed by atoms with Crippen molar-refractivity contribution in [2.75, 3.05) is 6.61 Å². The van der Waals surface area contributed by atoms with Gasteiger partial charge in [-0.2, -0.15) is 0 Å². The molecule has 0 amide bonds. The highest BCUT2D eigenvalue weighted by molar-refractivity contribution is 9.10. The lowest BCUT2D eigenvalue weighted by atomic mass is 10.3. The second kappa shape index (κ2) is 3.56. The first-order valence-electron chi connectivity index (χ1n) is 3.90. The lowest BCUT2D eigenvalue weighted by molar-refractivity contribution is -0.153. The van der Waals surface area contributed by atoms with Gasteiger partial charge in [0.05, 0.1) is 6.61 Å². The van der Waals surface area contributed by atoms with E-state index in [0.29, 0.717) is 6.61 Å². The van der Waals surface area contributed by atoms with Crippen molar-refractivity contribution in [3.63, 3.8) is 0 Å². The monoisotopic (exact) mass is 234 g/mol. The number of ether oxygens (including phenoxy) is 1. The Hall–Kier alpha value is -0.380. The van der Waals surface area contributed by atoms with Crippen molar-refractivity contribution in [3.05, 3.63) is 0 Å². The number of hydrogen-bond acceptors (Lipinski definition) is 3. The van der Waals surface area contributed by atoms with Crippen LogP contribution < -0.4 is 0 Å². The van der Waals surface area contributed by atoms with Gasteiger partial charge in [-0.05, 0) is 19.3 Å². The van der Waals surface area contributed by atoms with Crippen LogP contribution in [0, 0.1) is 0 Å². The summed E-state index contributed by atoms with van der Waals surface area (Å²) in [7, 11) is 0. The number of Topliss-reactive ketones (excluding diaryl/α,β-unsaturated/α-hetero) is 1. The van der Waals surface area contributed by atoms with E-state index in [1.807, 2.05) is 0 Å². The minimum absolute atomic E-state index is 0.198. The zero-order chi connectivity index (χ0) is 9.19. The number of carbonyl (C=O) groups excluding carboxylic acids is 2. The molecule has 0 bridgehead atoms. The first kappa shape index (κ1) is 9.71. The zero-order valence-electron chi connectivity index (χ0n) is 6.93. The Morgan fingerprint density at radius 1 is 1.50 bits per heavy atom. The number of alkyl halides is 1. The highest BCUT2D eigenvalue weighted by atomic mass is 79.9. The fraction of sp³-hybridized carbons (Fsp3) is 0.750. The Labute approximate surface area is 79.6 Å². The first-order valence-corrected chi connectivity index (χ1v) is 4.69. The van der Waals surface area contributed by atoms with Crippen LogP contribution in [0.25, 0.3) is 0 Å². The molecule has 0 heterocycles. The van der Waals surface area contributed by atoms with Gasteiger partial charge >= 0.3 is 5.97 Å². The van der Waals surface area contributed by atoms with Crippen molar-refractivity contribution in [3.8, 4) is 0 Å². The van der Waals surface area contributed by atoms with Gasteiger partial charge in [0, 0.05) is 11.2 Å². The van der Waals surface area contributed by atoms with Gasteiger partial charge in [0.1, 0.15) is 0 Å². The molecule has 0 radical (unpaired) electrons. The normalized spacial score (nSPS) is 18.5. The second-order valence-corrected chi connectivity index (χ2v) is 4.78. The summed E-state index contributed by atoms with van der Waals surface area (Å²) in [4.78, 5) is 21.1. The number of ketones is 1. The van der Waals surface area contributed by atoms with Gasteiger partial charge in [-0.3, -0.25) is 4.79 Å². The third-order valence-electron chi connectivity index (χ3n) is 1.86. The predicted octanol–water partition coefficient (Wildman–Crippen LogP) is 1.44. The molecule has 1 saturated carbocycles. The number of halogens is 1. The summed E-state index contributed by atoms with van der Waals surface area (Å²) < 4.78 is 4.90. The molecule has 0 aromatic carbocycles. The molecule has 1 rings (SSSR count). The average Bonchev–Trinajstić information content (AvgIpc) is 2.68. The Kier molecular flexibility index (Phi) is 2.88. The molecule has 0 atom stereocenters. The van der Waals surface area contributed by atoms with Crippen molar-refractivity contribution in [1.29, 1.82) is 0 Å². The molecule has 12 heavy (non-hydrogen) atoms. The van der Waals surface area contributed by atoms with Crippen LogP contribution >= 0.6 is 15.9 Å². The average molecular weight is 235 g/mol. The van der Waals surface area contributed by atoms with E-state index in [4.69, 9.17) is 4.74 Å². The Morgan fingerprint density at radius 3 is 2.50 bits per heavy atom. The van der Waals surface area contributed by atoms with Gasteiger partial charge in [-0.1, -0.05) is 15.9 Å². The predicted molar refractivity (Wildman–Crippen MR) is 47.1 cm³/mol. The van der Waals surface area contributed by atoms with Crippen molar-refractivity contribution < 1.29 is 14.3 Å². The number of rotatable bonds is 4. The summed E-state index contributed by atoms with van der Waals surface area (Å²) in [5, 5.41) is 0. The standard InChI is InChI=1S/C8H11BrO3/c1-6(10)7(11)12-5-4-8(9)2-3-8/h2-5H2,1H3. The van der Waals surface area contributed by atoms with E-state index < -0.39 is 11.8 Å². The number of esters is 1. The van der Waals surface area contributed by atoms with E-state index in [1.54, 1.807) is 0 Å². The summed E-state index contributed by atoms with van der Waals surface area (Å²) in [6, 6.07) is 0. The van der Waals surface area contributed by atoms with Gasteiger partial charge in [-0.15, -0.1) is 0 Å². The van der Waals surface area contributed by atoms with Gasteiger partial charge in [0.25, 0.3) is 0 Å². The molecule has 0 N–H and O–H groups in total.